The van der Waals surface area contributed by atoms with Crippen LogP contribution in [0.15, 0.2) is 18.5 Å². The number of anilines is 2. The van der Waals surface area contributed by atoms with Crippen LogP contribution in [0.4, 0.5) is 11.4 Å². The molecule has 0 aromatic carbocycles. The van der Waals surface area contributed by atoms with Gasteiger partial charge in [-0.15, -0.1) is 0 Å². The van der Waals surface area contributed by atoms with E-state index in [0.29, 0.717) is 45.9 Å². The van der Waals surface area contributed by atoms with E-state index in [1.807, 2.05) is 6.07 Å². The number of carbonyl (C=O) groups excluding carboxylic acids is 2. The molecule has 1 aromatic heterocycles. The summed E-state index contributed by atoms with van der Waals surface area (Å²) >= 11 is 0. The van der Waals surface area contributed by atoms with Crippen LogP contribution in [0, 0.1) is 45.3 Å². The number of carbonyl (C=O) groups is 2. The van der Waals surface area contributed by atoms with E-state index in [-0.39, 0.29) is 22.6 Å². The van der Waals surface area contributed by atoms with Gasteiger partial charge in [-0.25, -0.2) is 0 Å². The molecular weight excluding hydrogens is 422 g/mol. The highest BCUT2D eigenvalue weighted by molar-refractivity contribution is 6.03. The maximum Gasteiger partial charge on any atom is 0.230 e. The van der Waals surface area contributed by atoms with Crippen LogP contribution < -0.4 is 10.6 Å². The largest absolute Gasteiger partial charge is 0.324 e. The highest BCUT2D eigenvalue weighted by atomic mass is 16.2. The molecule has 34 heavy (non-hydrogen) atoms. The van der Waals surface area contributed by atoms with Crippen molar-refractivity contribution in [1.82, 2.24) is 4.98 Å². The zero-order valence-corrected chi connectivity index (χ0v) is 20.8. The van der Waals surface area contributed by atoms with Crippen molar-refractivity contribution in [2.24, 2.45) is 45.3 Å². The Labute approximate surface area is 203 Å². The average Bonchev–Trinajstić information content (AvgIpc) is 2.71. The summed E-state index contributed by atoms with van der Waals surface area (Å²) in [6.45, 7) is 4.80. The molecule has 0 radical (unpaired) electrons. The number of nitrogens with one attached hydrogen (secondary N) is 2. The molecule has 1 heterocycles. The van der Waals surface area contributed by atoms with Crippen LogP contribution in [-0.2, 0) is 9.59 Å². The topological polar surface area (TPSA) is 71.1 Å². The highest BCUT2D eigenvalue weighted by Gasteiger charge is 2.60. The second-order valence-electron chi connectivity index (χ2n) is 14.4. The van der Waals surface area contributed by atoms with Crippen molar-refractivity contribution in [3.05, 3.63) is 18.5 Å². The minimum Gasteiger partial charge on any atom is -0.324 e. The standard InChI is InChI=1S/C29H39N3O2/c1-26-7-18-5-19(8-26)12-28(11-18,16-26)24(33)31-22-3-4-30-15-23(22)32-25(34)29-13-20-6-21(14-29)10-27(2,9-20)17-29/h3-4,15,18-21H,5-14,16-17H2,1-2H3,(H,32,34)(H,30,31,33). The molecule has 5 heteroatoms. The third kappa shape index (κ3) is 3.21. The zero-order chi connectivity index (χ0) is 23.3. The molecular formula is C29H39N3O2. The lowest BCUT2D eigenvalue weighted by Crippen LogP contribution is -2.55. The van der Waals surface area contributed by atoms with Crippen molar-refractivity contribution in [2.75, 3.05) is 10.6 Å². The van der Waals surface area contributed by atoms with E-state index in [0.717, 1.165) is 38.5 Å². The van der Waals surface area contributed by atoms with Crippen molar-refractivity contribution >= 4 is 23.2 Å². The van der Waals surface area contributed by atoms with Gasteiger partial charge in [0.15, 0.2) is 0 Å². The maximum absolute atomic E-state index is 13.8. The molecule has 0 spiro atoms. The lowest BCUT2D eigenvalue weighted by atomic mass is 9.44. The second kappa shape index (κ2) is 6.85. The first-order chi connectivity index (χ1) is 16.2. The van der Waals surface area contributed by atoms with E-state index in [4.69, 9.17) is 0 Å². The average molecular weight is 462 g/mol. The summed E-state index contributed by atoms with van der Waals surface area (Å²) in [6.07, 6.45) is 17.3. The van der Waals surface area contributed by atoms with Crippen LogP contribution in [0.1, 0.15) is 90.9 Å². The molecule has 9 rings (SSSR count). The van der Waals surface area contributed by atoms with Gasteiger partial charge in [-0.2, -0.15) is 0 Å². The Morgan fingerprint density at radius 3 is 1.62 bits per heavy atom. The van der Waals surface area contributed by atoms with E-state index in [2.05, 4.69) is 29.5 Å². The Morgan fingerprint density at radius 1 is 0.735 bits per heavy atom. The van der Waals surface area contributed by atoms with Crippen LogP contribution >= 0.6 is 0 Å². The van der Waals surface area contributed by atoms with E-state index in [1.54, 1.807) is 12.4 Å². The Morgan fingerprint density at radius 2 is 1.18 bits per heavy atom. The first-order valence-corrected chi connectivity index (χ1v) is 13.7. The van der Waals surface area contributed by atoms with Gasteiger partial charge in [0.1, 0.15) is 0 Å². The Kier molecular flexibility index (Phi) is 4.31. The minimum absolute atomic E-state index is 0.152. The number of pyridine rings is 1. The van der Waals surface area contributed by atoms with Crippen LogP contribution in [0.5, 0.6) is 0 Å². The SMILES string of the molecule is CC12CC3CC(C1)CC(C(=O)Nc1ccncc1NC(=O)C14CC5CC(CC(C)(C5)C1)C4)(C3)C2. The molecule has 8 aliphatic carbocycles. The van der Waals surface area contributed by atoms with E-state index >= 15 is 0 Å². The first-order valence-electron chi connectivity index (χ1n) is 13.7. The molecule has 8 aliphatic rings. The van der Waals surface area contributed by atoms with Gasteiger partial charge in [0.05, 0.1) is 28.4 Å². The van der Waals surface area contributed by atoms with Crippen molar-refractivity contribution in [2.45, 2.75) is 90.9 Å². The van der Waals surface area contributed by atoms with Gasteiger partial charge in [-0.3, -0.25) is 14.6 Å². The van der Waals surface area contributed by atoms with Gasteiger partial charge in [-0.1, -0.05) is 13.8 Å². The number of rotatable bonds is 4. The molecule has 8 bridgehead atoms. The summed E-state index contributed by atoms with van der Waals surface area (Å²) in [6, 6.07) is 1.86. The van der Waals surface area contributed by atoms with Crippen molar-refractivity contribution in [3.8, 4) is 0 Å². The number of aromatic nitrogens is 1. The van der Waals surface area contributed by atoms with Crippen LogP contribution in [-0.4, -0.2) is 16.8 Å². The van der Waals surface area contributed by atoms with Crippen LogP contribution in [0.25, 0.3) is 0 Å². The number of hydrogen-bond donors (Lipinski definition) is 2. The molecule has 0 saturated heterocycles. The summed E-state index contributed by atoms with van der Waals surface area (Å²) in [5, 5.41) is 6.53. The molecule has 4 unspecified atom stereocenters. The monoisotopic (exact) mass is 461 g/mol. The van der Waals surface area contributed by atoms with E-state index < -0.39 is 0 Å². The van der Waals surface area contributed by atoms with Gasteiger partial charge < -0.3 is 10.6 Å². The Balaban J connectivity index is 1.12. The van der Waals surface area contributed by atoms with Gasteiger partial charge in [0.25, 0.3) is 0 Å². The predicted octanol–water partition coefficient (Wildman–Crippen LogP) is 6.17. The fourth-order valence-electron chi connectivity index (χ4n) is 11.1. The minimum atomic E-state index is -0.246. The number of nitrogens with zero attached hydrogens (tertiary/aromatic N) is 1. The van der Waals surface area contributed by atoms with Gasteiger partial charge >= 0.3 is 0 Å². The van der Waals surface area contributed by atoms with Crippen molar-refractivity contribution < 1.29 is 9.59 Å². The molecule has 8 saturated carbocycles. The fraction of sp³-hybridized carbons (Fsp3) is 0.759. The third-order valence-electron chi connectivity index (χ3n) is 11.0. The second-order valence-corrected chi connectivity index (χ2v) is 14.4. The van der Waals surface area contributed by atoms with Crippen LogP contribution in [0.2, 0.25) is 0 Å². The molecule has 4 atom stereocenters. The lowest BCUT2D eigenvalue weighted by molar-refractivity contribution is -0.150. The van der Waals surface area contributed by atoms with Gasteiger partial charge in [0, 0.05) is 6.20 Å². The van der Waals surface area contributed by atoms with Crippen molar-refractivity contribution in [3.63, 3.8) is 0 Å². The lowest BCUT2D eigenvalue weighted by Gasteiger charge is -2.60. The molecule has 2 N–H and O–H groups in total. The van der Waals surface area contributed by atoms with Gasteiger partial charge in [0.2, 0.25) is 11.8 Å². The first kappa shape index (κ1) is 21.4. The maximum atomic E-state index is 13.8. The Bertz CT molecular complexity index is 952. The van der Waals surface area contributed by atoms with E-state index in [1.165, 1.54) is 38.5 Å². The molecule has 182 valence electrons. The van der Waals surface area contributed by atoms with Gasteiger partial charge in [-0.05, 0) is 118 Å². The summed E-state index contributed by atoms with van der Waals surface area (Å²) in [7, 11) is 0. The third-order valence-corrected chi connectivity index (χ3v) is 11.0. The fourth-order valence-corrected chi connectivity index (χ4v) is 11.1. The molecule has 5 nitrogen and oxygen atoms in total. The molecule has 8 fully saturated rings. The van der Waals surface area contributed by atoms with Crippen LogP contribution in [0.3, 0.4) is 0 Å². The molecule has 0 aliphatic heterocycles. The highest BCUT2D eigenvalue weighted by Crippen LogP contribution is 2.66. The van der Waals surface area contributed by atoms with Crippen molar-refractivity contribution in [1.29, 1.82) is 0 Å². The van der Waals surface area contributed by atoms with E-state index in [9.17, 15) is 9.59 Å². The summed E-state index contributed by atoms with van der Waals surface area (Å²) in [4.78, 5) is 31.8. The number of amides is 2. The predicted molar refractivity (Wildman–Crippen MR) is 132 cm³/mol. The summed E-state index contributed by atoms with van der Waals surface area (Å²) in [5.74, 6) is 3.11. The Hall–Kier alpha value is -1.91. The summed E-state index contributed by atoms with van der Waals surface area (Å²) in [5.41, 5.74) is 1.54. The zero-order valence-electron chi connectivity index (χ0n) is 20.8. The quantitative estimate of drug-likeness (QED) is 0.563. The normalized spacial score (nSPS) is 47.6. The molecule has 1 aromatic rings. The smallest absolute Gasteiger partial charge is 0.230 e. The summed E-state index contributed by atoms with van der Waals surface area (Å²) < 4.78 is 0. The molecule has 2 amide bonds. The number of hydrogen-bond acceptors (Lipinski definition) is 3.